The topological polar surface area (TPSA) is 163 Å². The third-order valence-electron chi connectivity index (χ3n) is 6.90. The average molecular weight is 624 g/mol. The van der Waals surface area contributed by atoms with E-state index in [-0.39, 0.29) is 28.7 Å². The predicted molar refractivity (Wildman–Crippen MR) is 161 cm³/mol. The number of β-lactam (4-membered cyclic amide) rings is 1. The monoisotopic (exact) mass is 623 g/mol. The summed E-state index contributed by atoms with van der Waals surface area (Å²) in [6, 6.07) is -0.888. The summed E-state index contributed by atoms with van der Waals surface area (Å²) in [5, 5.41) is 7.65. The van der Waals surface area contributed by atoms with E-state index in [9.17, 15) is 19.2 Å². The minimum Gasteiger partial charge on any atom is -0.428 e. The number of oxime groups is 1. The zero-order valence-electron chi connectivity index (χ0n) is 24.3. The quantitative estimate of drug-likeness (QED) is 0.0573. The van der Waals surface area contributed by atoms with Crippen molar-refractivity contribution in [2.45, 2.75) is 95.4 Å². The zero-order valence-corrected chi connectivity index (χ0v) is 25.9. The van der Waals surface area contributed by atoms with Crippen molar-refractivity contribution in [3.05, 3.63) is 22.8 Å². The normalized spacial score (nSPS) is 18.0. The lowest BCUT2D eigenvalue weighted by Gasteiger charge is -2.48. The minimum absolute atomic E-state index is 0.0497. The number of aromatic nitrogens is 1. The first-order chi connectivity index (χ1) is 20.4. The number of hydrogen-bond acceptors (Lipinski definition) is 12. The summed E-state index contributed by atoms with van der Waals surface area (Å²) in [5.74, 6) is -1.93. The third kappa shape index (κ3) is 9.72. The molecule has 2 atom stereocenters. The lowest BCUT2D eigenvalue weighted by Crippen LogP contribution is -2.70. The molecule has 3 heterocycles. The number of fused-ring (bicyclic) bond motifs is 1. The summed E-state index contributed by atoms with van der Waals surface area (Å²) >= 11 is 2.51. The molecular weight excluding hydrogens is 582 g/mol. The Labute approximate surface area is 254 Å². The molecule has 2 aliphatic heterocycles. The Bertz CT molecular complexity index is 1140. The van der Waals surface area contributed by atoms with Crippen LogP contribution in [0.2, 0.25) is 0 Å². The first-order valence-corrected chi connectivity index (χ1v) is 16.4. The minimum atomic E-state index is -0.888. The molecule has 12 nitrogen and oxygen atoms in total. The summed E-state index contributed by atoms with van der Waals surface area (Å²) in [4.78, 5) is 60.5. The third-order valence-corrected chi connectivity index (χ3v) is 8.76. The maximum absolute atomic E-state index is 12.9. The van der Waals surface area contributed by atoms with Crippen molar-refractivity contribution in [2.75, 3.05) is 25.4 Å². The van der Waals surface area contributed by atoms with Crippen LogP contribution in [0.15, 0.2) is 22.3 Å². The van der Waals surface area contributed by atoms with E-state index >= 15 is 0 Å². The molecule has 42 heavy (non-hydrogen) atoms. The highest BCUT2D eigenvalue weighted by atomic mass is 32.2. The van der Waals surface area contributed by atoms with E-state index in [0.29, 0.717) is 5.75 Å². The van der Waals surface area contributed by atoms with E-state index in [1.807, 2.05) is 0 Å². The number of ether oxygens (including phenoxy) is 2. The van der Waals surface area contributed by atoms with Gasteiger partial charge >= 0.3 is 11.9 Å². The van der Waals surface area contributed by atoms with E-state index in [1.54, 1.807) is 11.5 Å². The Morgan fingerprint density at radius 2 is 1.74 bits per heavy atom. The van der Waals surface area contributed by atoms with Crippen LogP contribution < -0.4 is 11.1 Å². The van der Waals surface area contributed by atoms with E-state index < -0.39 is 42.0 Å². The van der Waals surface area contributed by atoms with Gasteiger partial charge in [-0.1, -0.05) is 76.3 Å². The molecule has 0 bridgehead atoms. The SMILES string of the molecule is CCCCCCCCCCCCCC(=O)OCOC(=O)C1=CCS[C@H]2C(NC(=O)C(=NOC)c3csc(N)n3)C(=O)N12. The molecule has 1 unspecified atom stereocenters. The molecule has 0 radical (unpaired) electrons. The van der Waals surface area contributed by atoms with Gasteiger partial charge in [0.1, 0.15) is 29.9 Å². The number of carbonyl (C=O) groups excluding carboxylic acids is 4. The Hall–Kier alpha value is -3.13. The molecule has 1 aromatic rings. The number of nitrogens with one attached hydrogen (secondary N) is 1. The molecule has 3 N–H and O–H groups in total. The first-order valence-electron chi connectivity index (χ1n) is 14.5. The Morgan fingerprint density at radius 3 is 2.36 bits per heavy atom. The largest absolute Gasteiger partial charge is 0.428 e. The molecule has 14 heteroatoms. The first kappa shape index (κ1) is 33.4. The van der Waals surface area contributed by atoms with Crippen LogP contribution in [0.4, 0.5) is 5.13 Å². The number of hydrogen-bond donors (Lipinski definition) is 2. The second-order valence-electron chi connectivity index (χ2n) is 10.0. The Balaban J connectivity index is 1.33. The van der Waals surface area contributed by atoms with Gasteiger partial charge in [0.15, 0.2) is 10.8 Å². The fourth-order valence-corrected chi connectivity index (χ4v) is 6.40. The highest BCUT2D eigenvalue weighted by molar-refractivity contribution is 8.00. The van der Waals surface area contributed by atoms with Crippen LogP contribution in [0.25, 0.3) is 0 Å². The lowest BCUT2D eigenvalue weighted by molar-refractivity contribution is -0.168. The van der Waals surface area contributed by atoms with Crippen LogP contribution in [0.3, 0.4) is 0 Å². The summed E-state index contributed by atoms with van der Waals surface area (Å²) < 4.78 is 10.2. The van der Waals surface area contributed by atoms with Crippen molar-refractivity contribution in [3.63, 3.8) is 0 Å². The van der Waals surface area contributed by atoms with Gasteiger partial charge in [-0.15, -0.1) is 23.1 Å². The highest BCUT2D eigenvalue weighted by Crippen LogP contribution is 2.37. The number of nitrogen functional groups attached to an aromatic ring is 1. The second kappa shape index (κ2) is 17.7. The van der Waals surface area contributed by atoms with Crippen molar-refractivity contribution in [3.8, 4) is 0 Å². The van der Waals surface area contributed by atoms with E-state index in [2.05, 4.69) is 22.4 Å². The maximum Gasteiger partial charge on any atom is 0.357 e. The van der Waals surface area contributed by atoms with Gasteiger partial charge in [0.2, 0.25) is 6.79 Å². The fraction of sp³-hybridized carbons (Fsp3) is 0.643. The number of amides is 2. The average Bonchev–Trinajstić information content (AvgIpc) is 3.42. The fourth-order valence-electron chi connectivity index (χ4n) is 4.66. The maximum atomic E-state index is 12.9. The number of nitrogens with zero attached hydrogens (tertiary/aromatic N) is 3. The molecule has 3 rings (SSSR count). The van der Waals surface area contributed by atoms with Crippen LogP contribution in [0.5, 0.6) is 0 Å². The number of unbranched alkanes of at least 4 members (excludes halogenated alkanes) is 10. The van der Waals surface area contributed by atoms with Crippen molar-refractivity contribution in [1.29, 1.82) is 0 Å². The highest BCUT2D eigenvalue weighted by Gasteiger charge is 2.53. The van der Waals surface area contributed by atoms with Crippen LogP contribution in [-0.2, 0) is 33.5 Å². The van der Waals surface area contributed by atoms with Gasteiger partial charge in [-0.05, 0) is 12.5 Å². The van der Waals surface area contributed by atoms with Gasteiger partial charge in [0.05, 0.1) is 0 Å². The molecule has 0 aromatic carbocycles. The summed E-state index contributed by atoms with van der Waals surface area (Å²) in [6.07, 6.45) is 14.9. The van der Waals surface area contributed by atoms with Gasteiger partial charge in [-0.25, -0.2) is 9.78 Å². The van der Waals surface area contributed by atoms with Crippen molar-refractivity contribution in [2.24, 2.45) is 5.16 Å². The van der Waals surface area contributed by atoms with E-state index in [0.717, 1.165) is 30.6 Å². The van der Waals surface area contributed by atoms with Gasteiger partial charge in [-0.2, -0.15) is 0 Å². The standard InChI is InChI=1S/C28H41N5O7S2/c1-3-4-5-6-7-8-9-10-11-12-13-14-21(34)39-18-40-27(37)20-15-16-41-26-23(25(36)33(20)26)31-24(35)22(32-38-2)19-17-42-28(29)30-19/h15,17,23,26H,3-14,16,18H2,1-2H3,(H2,29,30)(H,31,35)/t23?,26-/m0/s1. The van der Waals surface area contributed by atoms with Crippen LogP contribution in [0.1, 0.15) is 89.7 Å². The van der Waals surface area contributed by atoms with Gasteiger partial charge in [-0.3, -0.25) is 19.3 Å². The molecule has 1 saturated heterocycles. The number of carbonyl (C=O) groups is 4. The number of rotatable bonds is 19. The molecule has 2 aliphatic rings. The number of esters is 2. The van der Waals surface area contributed by atoms with Crippen LogP contribution in [0, 0.1) is 0 Å². The van der Waals surface area contributed by atoms with E-state index in [4.69, 9.17) is 20.0 Å². The molecule has 1 fully saturated rings. The number of thiazole rings is 1. The smallest absolute Gasteiger partial charge is 0.357 e. The van der Waals surface area contributed by atoms with Crippen molar-refractivity contribution in [1.82, 2.24) is 15.2 Å². The molecule has 1 aromatic heterocycles. The Kier molecular flexibility index (Phi) is 14.1. The zero-order chi connectivity index (χ0) is 30.3. The summed E-state index contributed by atoms with van der Waals surface area (Å²) in [7, 11) is 1.29. The molecule has 232 valence electrons. The molecular formula is C28H41N5O7S2. The Morgan fingerprint density at radius 1 is 1.07 bits per heavy atom. The van der Waals surface area contributed by atoms with Crippen molar-refractivity contribution < 1.29 is 33.5 Å². The molecule has 0 spiro atoms. The van der Waals surface area contributed by atoms with Gasteiger partial charge < -0.3 is 25.4 Å². The van der Waals surface area contributed by atoms with E-state index in [1.165, 1.54) is 75.1 Å². The molecule has 0 saturated carbocycles. The number of anilines is 1. The predicted octanol–water partition coefficient (Wildman–Crippen LogP) is 4.10. The van der Waals surface area contributed by atoms with Crippen LogP contribution >= 0.6 is 23.1 Å². The second-order valence-corrected chi connectivity index (χ2v) is 12.1. The summed E-state index contributed by atoms with van der Waals surface area (Å²) in [5.41, 5.74) is 5.80. The molecule has 2 amide bonds. The van der Waals surface area contributed by atoms with Gasteiger partial charge in [0, 0.05) is 17.6 Å². The number of thioether (sulfide) groups is 1. The van der Waals surface area contributed by atoms with Crippen molar-refractivity contribution >= 4 is 57.7 Å². The van der Waals surface area contributed by atoms with Gasteiger partial charge in [0.25, 0.3) is 11.8 Å². The summed E-state index contributed by atoms with van der Waals surface area (Å²) in [6.45, 7) is 1.70. The van der Waals surface area contributed by atoms with Crippen LogP contribution in [-0.4, -0.2) is 70.4 Å². The molecule has 0 aliphatic carbocycles. The lowest BCUT2D eigenvalue weighted by atomic mass is 10.0. The number of nitrogens with two attached hydrogens (primary N) is 1.